The average molecular weight is 433 g/mol. The van der Waals surface area contributed by atoms with Crippen molar-refractivity contribution >= 4 is 47.4 Å². The molecule has 1 saturated heterocycles. The molecule has 2 aliphatic rings. The zero-order valence-electron chi connectivity index (χ0n) is 15.0. The molecule has 8 heteroatoms. The zero-order valence-corrected chi connectivity index (χ0v) is 17.3. The van der Waals surface area contributed by atoms with Crippen LogP contribution in [0, 0.1) is 5.92 Å². The van der Waals surface area contributed by atoms with Gasteiger partial charge in [0.1, 0.15) is 0 Å². The highest BCUT2D eigenvalue weighted by atomic mass is 35.5. The minimum atomic E-state index is -0.169. The van der Waals surface area contributed by atoms with Gasteiger partial charge in [-0.15, -0.1) is 12.4 Å². The number of hydrogen-bond donors (Lipinski definition) is 2. The fraction of sp³-hybridized carbons (Fsp3) is 0.474. The van der Waals surface area contributed by atoms with Crippen molar-refractivity contribution in [3.8, 4) is 0 Å². The first kappa shape index (κ1) is 22.0. The van der Waals surface area contributed by atoms with Gasteiger partial charge in [-0.05, 0) is 44.0 Å². The molecule has 2 N–H and O–H groups in total. The summed E-state index contributed by atoms with van der Waals surface area (Å²) < 4.78 is 0. The van der Waals surface area contributed by atoms with Gasteiger partial charge in [-0.2, -0.15) is 0 Å². The Morgan fingerprint density at radius 1 is 1.26 bits per heavy atom. The molecule has 5 nitrogen and oxygen atoms in total. The lowest BCUT2D eigenvalue weighted by atomic mass is 9.96. The number of benzene rings is 1. The van der Waals surface area contributed by atoms with Crippen LogP contribution in [0.2, 0.25) is 10.0 Å². The Hall–Kier alpha value is -1.27. The maximum atomic E-state index is 12.7. The summed E-state index contributed by atoms with van der Waals surface area (Å²) in [6.07, 6.45) is 4.72. The fourth-order valence-electron chi connectivity index (χ4n) is 3.36. The molecule has 1 atom stereocenters. The molecule has 0 saturated carbocycles. The van der Waals surface area contributed by atoms with E-state index < -0.39 is 0 Å². The summed E-state index contributed by atoms with van der Waals surface area (Å²) in [5.41, 5.74) is 1.76. The number of rotatable bonds is 4. The van der Waals surface area contributed by atoms with Crippen molar-refractivity contribution in [3.05, 3.63) is 45.5 Å². The van der Waals surface area contributed by atoms with Crippen LogP contribution in [0.4, 0.5) is 0 Å². The highest BCUT2D eigenvalue weighted by Crippen LogP contribution is 2.25. The van der Waals surface area contributed by atoms with Gasteiger partial charge >= 0.3 is 0 Å². The number of carbonyl (C=O) groups is 2. The zero-order chi connectivity index (χ0) is 18.5. The number of nitrogens with zero attached hydrogens (tertiary/aromatic N) is 1. The van der Waals surface area contributed by atoms with Crippen molar-refractivity contribution in [3.63, 3.8) is 0 Å². The summed E-state index contributed by atoms with van der Waals surface area (Å²) in [5.74, 6) is -0.254. The molecule has 3 rings (SSSR count). The second-order valence-corrected chi connectivity index (χ2v) is 7.57. The van der Waals surface area contributed by atoms with Crippen molar-refractivity contribution < 1.29 is 9.59 Å². The Kier molecular flexibility index (Phi) is 8.42. The molecule has 0 bridgehead atoms. The molecule has 2 aliphatic heterocycles. The van der Waals surface area contributed by atoms with E-state index in [1.807, 2.05) is 0 Å². The normalized spacial score (nSPS) is 19.7. The molecule has 1 aromatic rings. The maximum Gasteiger partial charge on any atom is 0.253 e. The summed E-state index contributed by atoms with van der Waals surface area (Å²) in [5, 5.41) is 7.07. The van der Waals surface area contributed by atoms with Crippen LogP contribution < -0.4 is 10.6 Å². The molecular weight excluding hydrogens is 409 g/mol. The van der Waals surface area contributed by atoms with Gasteiger partial charge in [0.25, 0.3) is 5.91 Å². The Labute approximate surface area is 175 Å². The summed E-state index contributed by atoms with van der Waals surface area (Å²) in [6.45, 7) is 3.50. The van der Waals surface area contributed by atoms with Crippen molar-refractivity contribution in [2.24, 2.45) is 5.92 Å². The van der Waals surface area contributed by atoms with E-state index in [0.717, 1.165) is 32.4 Å². The number of hydrogen-bond acceptors (Lipinski definition) is 3. The van der Waals surface area contributed by atoms with Crippen molar-refractivity contribution in [2.45, 2.75) is 19.3 Å². The largest absolute Gasteiger partial charge is 0.352 e. The third-order valence-electron chi connectivity index (χ3n) is 4.89. The molecule has 1 fully saturated rings. The molecule has 1 unspecified atom stereocenters. The predicted molar refractivity (Wildman–Crippen MR) is 111 cm³/mol. The van der Waals surface area contributed by atoms with Crippen LogP contribution in [0.3, 0.4) is 0 Å². The SMILES string of the molecule is Cl.O=C(NCC1=CCNCC1)C1CCCN(C(=O)c2ccc(Cl)c(Cl)c2)C1. The fourth-order valence-corrected chi connectivity index (χ4v) is 3.66. The predicted octanol–water partition coefficient (Wildman–Crippen LogP) is 3.30. The van der Waals surface area contributed by atoms with Gasteiger partial charge in [-0.1, -0.05) is 34.9 Å². The molecule has 0 aromatic heterocycles. The van der Waals surface area contributed by atoms with Crippen LogP contribution >= 0.6 is 35.6 Å². The number of carbonyl (C=O) groups excluding carboxylic acids is 2. The van der Waals surface area contributed by atoms with Crippen LogP contribution in [0.15, 0.2) is 29.8 Å². The van der Waals surface area contributed by atoms with Crippen LogP contribution in [-0.2, 0) is 4.79 Å². The first-order valence-corrected chi connectivity index (χ1v) is 9.71. The van der Waals surface area contributed by atoms with E-state index in [9.17, 15) is 9.59 Å². The summed E-state index contributed by atoms with van der Waals surface area (Å²) in [6, 6.07) is 4.88. The standard InChI is InChI=1S/C19H23Cl2N3O2.ClH/c20-16-4-3-14(10-17(16)21)19(26)24-9-1-2-15(12-24)18(25)23-11-13-5-7-22-8-6-13;/h3-5,10,15,22H,1-2,6-9,11-12H2,(H,23,25);1H. The molecule has 2 amide bonds. The number of halogens is 3. The number of likely N-dealkylation sites (tertiary alicyclic amines) is 1. The second kappa shape index (κ2) is 10.3. The Morgan fingerprint density at radius 2 is 2.07 bits per heavy atom. The Morgan fingerprint density at radius 3 is 2.78 bits per heavy atom. The summed E-state index contributed by atoms with van der Waals surface area (Å²) in [7, 11) is 0. The van der Waals surface area contributed by atoms with E-state index >= 15 is 0 Å². The quantitative estimate of drug-likeness (QED) is 0.718. The third kappa shape index (κ3) is 5.85. The molecule has 0 aliphatic carbocycles. The molecule has 27 heavy (non-hydrogen) atoms. The monoisotopic (exact) mass is 431 g/mol. The molecule has 2 heterocycles. The minimum Gasteiger partial charge on any atom is -0.352 e. The molecular formula is C19H24Cl3N3O2. The summed E-state index contributed by atoms with van der Waals surface area (Å²) in [4.78, 5) is 27.0. The van der Waals surface area contributed by atoms with Gasteiger partial charge in [0, 0.05) is 31.7 Å². The van der Waals surface area contributed by atoms with Gasteiger partial charge in [0.05, 0.1) is 16.0 Å². The van der Waals surface area contributed by atoms with E-state index in [1.165, 1.54) is 5.57 Å². The van der Waals surface area contributed by atoms with Crippen molar-refractivity contribution in [1.82, 2.24) is 15.5 Å². The number of nitrogens with one attached hydrogen (secondary N) is 2. The number of amides is 2. The first-order valence-electron chi connectivity index (χ1n) is 8.95. The van der Waals surface area contributed by atoms with E-state index in [1.54, 1.807) is 23.1 Å². The van der Waals surface area contributed by atoms with Crippen molar-refractivity contribution in [1.29, 1.82) is 0 Å². The third-order valence-corrected chi connectivity index (χ3v) is 5.63. The molecule has 0 radical (unpaired) electrons. The lowest BCUT2D eigenvalue weighted by Crippen LogP contribution is -2.45. The van der Waals surface area contributed by atoms with Gasteiger partial charge in [-0.3, -0.25) is 9.59 Å². The van der Waals surface area contributed by atoms with Gasteiger partial charge in [-0.25, -0.2) is 0 Å². The Balaban J connectivity index is 0.00000261. The second-order valence-electron chi connectivity index (χ2n) is 6.75. The Bertz CT molecular complexity index is 724. The smallest absolute Gasteiger partial charge is 0.253 e. The minimum absolute atomic E-state index is 0. The lowest BCUT2D eigenvalue weighted by Gasteiger charge is -2.32. The van der Waals surface area contributed by atoms with Gasteiger partial charge < -0.3 is 15.5 Å². The van der Waals surface area contributed by atoms with Crippen LogP contribution in [-0.4, -0.2) is 49.4 Å². The van der Waals surface area contributed by atoms with E-state index in [4.69, 9.17) is 23.2 Å². The molecule has 0 spiro atoms. The molecule has 1 aromatic carbocycles. The van der Waals surface area contributed by atoms with Crippen LogP contribution in [0.5, 0.6) is 0 Å². The van der Waals surface area contributed by atoms with E-state index in [2.05, 4.69) is 16.7 Å². The highest BCUT2D eigenvalue weighted by molar-refractivity contribution is 6.42. The van der Waals surface area contributed by atoms with E-state index in [0.29, 0.717) is 35.2 Å². The van der Waals surface area contributed by atoms with Gasteiger partial charge in [0.15, 0.2) is 0 Å². The summed E-state index contributed by atoms with van der Waals surface area (Å²) >= 11 is 11.9. The lowest BCUT2D eigenvalue weighted by molar-refractivity contribution is -0.126. The van der Waals surface area contributed by atoms with E-state index in [-0.39, 0.29) is 30.1 Å². The first-order chi connectivity index (χ1) is 12.5. The topological polar surface area (TPSA) is 61.4 Å². The molecule has 148 valence electrons. The van der Waals surface area contributed by atoms with Crippen molar-refractivity contribution in [2.75, 3.05) is 32.7 Å². The van der Waals surface area contributed by atoms with Crippen LogP contribution in [0.25, 0.3) is 0 Å². The maximum absolute atomic E-state index is 12.7. The van der Waals surface area contributed by atoms with Gasteiger partial charge in [0.2, 0.25) is 5.91 Å². The highest BCUT2D eigenvalue weighted by Gasteiger charge is 2.29. The average Bonchev–Trinajstić information content (AvgIpc) is 2.68. The number of piperidine rings is 1. The van der Waals surface area contributed by atoms with Crippen LogP contribution in [0.1, 0.15) is 29.6 Å².